The van der Waals surface area contributed by atoms with Crippen molar-refractivity contribution in [3.05, 3.63) is 29.8 Å². The summed E-state index contributed by atoms with van der Waals surface area (Å²) in [5.74, 6) is 0. The molecule has 4 N–H and O–H groups in total. The van der Waals surface area contributed by atoms with Crippen molar-refractivity contribution in [2.45, 2.75) is 41.4 Å². The van der Waals surface area contributed by atoms with E-state index in [1.54, 1.807) is 12.1 Å². The molecule has 1 aromatic carbocycles. The normalized spacial score (nSPS) is 12.8. The van der Waals surface area contributed by atoms with Gasteiger partial charge in [0.15, 0.2) is 0 Å². The molecule has 0 aliphatic rings. The number of alkyl halides is 1. The maximum absolute atomic E-state index is 10.8. The van der Waals surface area contributed by atoms with E-state index in [0.717, 1.165) is 12.0 Å². The van der Waals surface area contributed by atoms with Crippen molar-refractivity contribution < 1.29 is 13.0 Å². The summed E-state index contributed by atoms with van der Waals surface area (Å²) in [5, 5.41) is 0. The van der Waals surface area contributed by atoms with Crippen LogP contribution in [0.3, 0.4) is 0 Å². The third-order valence-corrected chi connectivity index (χ3v) is 4.45. The Morgan fingerprint density at radius 1 is 1.28 bits per heavy atom. The largest absolute Gasteiger partial charge is 0.744 e. The Hall–Kier alpha value is -0.180. The van der Waals surface area contributed by atoms with Crippen LogP contribution < -0.4 is 6.15 Å². The molecule has 0 saturated carbocycles. The summed E-state index contributed by atoms with van der Waals surface area (Å²) in [7, 11) is -4.31. The third-order valence-electron chi connectivity index (χ3n) is 2.54. The van der Waals surface area contributed by atoms with Gasteiger partial charge in [-0.1, -0.05) is 54.5 Å². The van der Waals surface area contributed by atoms with Gasteiger partial charge in [0.25, 0.3) is 0 Å². The molecule has 1 aromatic rings. The lowest BCUT2D eigenvalue weighted by Crippen LogP contribution is -2.03. The Balaban J connectivity index is 0.00000289. The van der Waals surface area contributed by atoms with Gasteiger partial charge in [-0.2, -0.15) is 0 Å². The van der Waals surface area contributed by atoms with E-state index in [-0.39, 0.29) is 11.0 Å². The van der Waals surface area contributed by atoms with E-state index in [0.29, 0.717) is 3.92 Å². The molecule has 0 heterocycles. The molecule has 0 spiro atoms. The average molecular weight is 385 g/mol. The van der Waals surface area contributed by atoms with Crippen LogP contribution in [-0.2, 0) is 16.5 Å². The predicted molar refractivity (Wildman–Crippen MR) is 81.4 cm³/mol. The predicted octanol–water partition coefficient (Wildman–Crippen LogP) is 3.50. The molecular weight excluding hydrogens is 365 g/mol. The van der Waals surface area contributed by atoms with Gasteiger partial charge in [-0.15, -0.1) is 0 Å². The van der Waals surface area contributed by atoms with Gasteiger partial charge in [-0.25, -0.2) is 8.42 Å². The van der Waals surface area contributed by atoms with Crippen LogP contribution in [0.5, 0.6) is 0 Å². The topological polar surface area (TPSA) is 93.7 Å². The zero-order chi connectivity index (χ0) is 12.9. The lowest BCUT2D eigenvalue weighted by molar-refractivity contribution is 0.463. The lowest BCUT2D eigenvalue weighted by atomic mass is 10.1. The number of rotatable bonds is 6. The summed E-state index contributed by atoms with van der Waals surface area (Å²) in [6, 6.07) is 6.23. The van der Waals surface area contributed by atoms with E-state index >= 15 is 0 Å². The number of halogens is 1. The maximum Gasteiger partial charge on any atom is 0.124 e. The number of benzene rings is 1. The Bertz CT molecular complexity index is 445. The fourth-order valence-electron chi connectivity index (χ4n) is 1.58. The first-order valence-electron chi connectivity index (χ1n) is 5.62. The Morgan fingerprint density at radius 3 is 2.28 bits per heavy atom. The molecular formula is C12H20INO3S. The molecule has 0 amide bonds. The van der Waals surface area contributed by atoms with Crippen molar-refractivity contribution >= 4 is 32.7 Å². The minimum atomic E-state index is -4.31. The van der Waals surface area contributed by atoms with E-state index in [1.807, 2.05) is 0 Å². The van der Waals surface area contributed by atoms with Crippen LogP contribution in [-0.4, -0.2) is 16.9 Å². The molecule has 0 bridgehead atoms. The Kier molecular flexibility index (Phi) is 8.00. The van der Waals surface area contributed by atoms with Crippen LogP contribution in [0, 0.1) is 0 Å². The fourth-order valence-corrected chi connectivity index (χ4v) is 2.99. The second-order valence-corrected chi connectivity index (χ2v) is 7.18. The SMILES string of the molecule is CCCCC(I)Cc1ccc(S(=O)(=O)[O-])cc1.[NH4+]. The van der Waals surface area contributed by atoms with E-state index in [2.05, 4.69) is 29.5 Å². The molecule has 1 rings (SSSR count). The molecule has 0 fully saturated rings. The fraction of sp³-hybridized carbons (Fsp3) is 0.500. The highest BCUT2D eigenvalue weighted by atomic mass is 127. The molecule has 6 heteroatoms. The second kappa shape index (κ2) is 8.08. The molecule has 0 aliphatic heterocycles. The summed E-state index contributed by atoms with van der Waals surface area (Å²) >= 11 is 2.41. The van der Waals surface area contributed by atoms with Crippen molar-refractivity contribution in [1.82, 2.24) is 6.15 Å². The molecule has 0 aliphatic carbocycles. The third kappa shape index (κ3) is 6.12. The maximum atomic E-state index is 10.8. The zero-order valence-corrected chi connectivity index (χ0v) is 13.7. The summed E-state index contributed by atoms with van der Waals surface area (Å²) in [6.07, 6.45) is 4.48. The Morgan fingerprint density at radius 2 is 1.83 bits per heavy atom. The van der Waals surface area contributed by atoms with Gasteiger partial charge in [0, 0.05) is 3.92 Å². The smallest absolute Gasteiger partial charge is 0.124 e. The van der Waals surface area contributed by atoms with Crippen molar-refractivity contribution in [3.63, 3.8) is 0 Å². The van der Waals surface area contributed by atoms with Crippen molar-refractivity contribution in [1.29, 1.82) is 0 Å². The van der Waals surface area contributed by atoms with Gasteiger partial charge < -0.3 is 10.7 Å². The van der Waals surface area contributed by atoms with Gasteiger partial charge in [0.1, 0.15) is 10.1 Å². The molecule has 0 aromatic heterocycles. The molecule has 0 radical (unpaired) electrons. The highest BCUT2D eigenvalue weighted by molar-refractivity contribution is 14.1. The highest BCUT2D eigenvalue weighted by Gasteiger charge is 2.06. The van der Waals surface area contributed by atoms with E-state index in [1.165, 1.54) is 31.4 Å². The van der Waals surface area contributed by atoms with Gasteiger partial charge in [0.2, 0.25) is 0 Å². The minimum Gasteiger partial charge on any atom is -0.744 e. The summed E-state index contributed by atoms with van der Waals surface area (Å²) in [4.78, 5) is -0.153. The van der Waals surface area contributed by atoms with Gasteiger partial charge >= 0.3 is 0 Å². The molecule has 1 atom stereocenters. The van der Waals surface area contributed by atoms with Gasteiger partial charge in [-0.3, -0.25) is 0 Å². The van der Waals surface area contributed by atoms with E-state index < -0.39 is 10.1 Å². The van der Waals surface area contributed by atoms with Crippen LogP contribution in [0.1, 0.15) is 31.7 Å². The molecule has 104 valence electrons. The van der Waals surface area contributed by atoms with E-state index in [9.17, 15) is 13.0 Å². The summed E-state index contributed by atoms with van der Waals surface area (Å²) in [5.41, 5.74) is 1.08. The summed E-state index contributed by atoms with van der Waals surface area (Å²) in [6.45, 7) is 2.16. The van der Waals surface area contributed by atoms with Crippen molar-refractivity contribution in [3.8, 4) is 0 Å². The lowest BCUT2D eigenvalue weighted by Gasteiger charge is -2.11. The van der Waals surface area contributed by atoms with Crippen molar-refractivity contribution in [2.75, 3.05) is 0 Å². The number of quaternary nitrogens is 1. The van der Waals surface area contributed by atoms with Crippen LogP contribution >= 0.6 is 22.6 Å². The van der Waals surface area contributed by atoms with E-state index in [4.69, 9.17) is 0 Å². The van der Waals surface area contributed by atoms with Crippen LogP contribution in [0.25, 0.3) is 0 Å². The molecule has 0 saturated heterocycles. The highest BCUT2D eigenvalue weighted by Crippen LogP contribution is 2.18. The Labute approximate surface area is 123 Å². The van der Waals surface area contributed by atoms with Crippen molar-refractivity contribution in [2.24, 2.45) is 0 Å². The first-order valence-corrected chi connectivity index (χ1v) is 8.27. The quantitative estimate of drug-likeness (QED) is 0.461. The molecule has 4 nitrogen and oxygen atoms in total. The van der Waals surface area contributed by atoms with Crippen LogP contribution in [0.15, 0.2) is 29.2 Å². The van der Waals surface area contributed by atoms with Gasteiger partial charge in [-0.05, 0) is 30.5 Å². The number of hydrogen-bond donors (Lipinski definition) is 1. The van der Waals surface area contributed by atoms with Crippen LogP contribution in [0.2, 0.25) is 0 Å². The number of hydrogen-bond acceptors (Lipinski definition) is 3. The second-order valence-electron chi connectivity index (χ2n) is 4.04. The number of unbranched alkanes of at least 4 members (excludes halogenated alkanes) is 1. The first-order chi connectivity index (χ1) is 7.93. The summed E-state index contributed by atoms with van der Waals surface area (Å²) < 4.78 is 32.8. The standard InChI is InChI=1S/C12H17IO3S.H3N/c1-2-3-4-11(13)9-10-5-7-12(8-6-10)17(14,15)16;/h5-8,11H,2-4,9H2,1H3,(H,14,15,16);1H3. The monoisotopic (exact) mass is 385 g/mol. The molecule has 18 heavy (non-hydrogen) atoms. The first kappa shape index (κ1) is 17.8. The zero-order valence-electron chi connectivity index (χ0n) is 10.7. The minimum absolute atomic E-state index is 0. The average Bonchev–Trinajstić information content (AvgIpc) is 2.26. The van der Waals surface area contributed by atoms with Gasteiger partial charge in [0.05, 0.1) is 4.90 Å². The molecule has 1 unspecified atom stereocenters. The van der Waals surface area contributed by atoms with Crippen LogP contribution in [0.4, 0.5) is 0 Å².